The van der Waals surface area contributed by atoms with E-state index in [4.69, 9.17) is 4.74 Å². The van der Waals surface area contributed by atoms with Crippen LogP contribution in [-0.4, -0.2) is 49.7 Å². The Morgan fingerprint density at radius 1 is 1.30 bits per heavy atom. The second-order valence-corrected chi connectivity index (χ2v) is 8.74. The summed E-state index contributed by atoms with van der Waals surface area (Å²) in [6.07, 6.45) is 6.11. The molecule has 3 aliphatic rings. The quantitative estimate of drug-likeness (QED) is 0.466. The molecule has 1 heterocycles. The Kier molecular flexibility index (Phi) is 4.70. The monoisotopic (exact) mass is 392 g/mol. The lowest BCUT2D eigenvalue weighted by molar-refractivity contribution is -0.384. The molecule has 27 heavy (non-hydrogen) atoms. The third kappa shape index (κ3) is 3.35. The molecule has 0 aromatic heterocycles. The lowest BCUT2D eigenvalue weighted by Gasteiger charge is -2.31. The standard InChI is InChI=1S/C17H20N4O5S/c22-21(23)17-11-13(27(24,25)20-6-8-26-9-7-20)4-5-15(17)18-19-16-10-12-2-1-3-14(12)16/h1-2,4-5,11-12,14,18H,3,6-10H2/b19-16-/t12-,14+/m0/s1. The van der Waals surface area contributed by atoms with Gasteiger partial charge in [-0.15, -0.1) is 0 Å². The molecule has 1 saturated carbocycles. The highest BCUT2D eigenvalue weighted by Crippen LogP contribution is 2.40. The normalized spacial score (nSPS) is 26.6. The van der Waals surface area contributed by atoms with Crippen molar-refractivity contribution in [2.75, 3.05) is 31.7 Å². The molecular formula is C17H20N4O5S. The molecule has 1 aliphatic heterocycles. The van der Waals surface area contributed by atoms with Crippen LogP contribution in [0, 0.1) is 22.0 Å². The SMILES string of the molecule is O=[N+]([O-])c1cc(S(=O)(=O)N2CCOCC2)ccc1N/N=C1/C[C@@H]2C=CC[C@@H]12. The van der Waals surface area contributed by atoms with Gasteiger partial charge in [0, 0.05) is 30.8 Å². The Bertz CT molecular complexity index is 921. The Morgan fingerprint density at radius 2 is 2.07 bits per heavy atom. The largest absolute Gasteiger partial charge is 0.379 e. The van der Waals surface area contributed by atoms with Gasteiger partial charge in [-0.1, -0.05) is 12.2 Å². The molecule has 1 aromatic rings. The van der Waals surface area contributed by atoms with Crippen LogP contribution in [0.25, 0.3) is 0 Å². The minimum atomic E-state index is -3.79. The average Bonchev–Trinajstić information content (AvgIpc) is 3.03. The number of sulfonamides is 1. The van der Waals surface area contributed by atoms with Crippen LogP contribution < -0.4 is 5.43 Å². The first-order valence-corrected chi connectivity index (χ1v) is 10.3. The third-order valence-electron chi connectivity index (χ3n) is 5.26. The molecule has 4 rings (SSSR count). The van der Waals surface area contributed by atoms with Gasteiger partial charge >= 0.3 is 0 Å². The van der Waals surface area contributed by atoms with Crippen LogP contribution in [-0.2, 0) is 14.8 Å². The van der Waals surface area contributed by atoms with Crippen molar-refractivity contribution in [2.24, 2.45) is 16.9 Å². The summed E-state index contributed by atoms with van der Waals surface area (Å²) in [4.78, 5) is 10.8. The zero-order chi connectivity index (χ0) is 19.0. The van der Waals surface area contributed by atoms with Crippen LogP contribution in [0.4, 0.5) is 11.4 Å². The number of morpholine rings is 1. The maximum atomic E-state index is 12.7. The van der Waals surface area contributed by atoms with E-state index < -0.39 is 14.9 Å². The molecule has 1 saturated heterocycles. The van der Waals surface area contributed by atoms with Gasteiger partial charge in [0.05, 0.1) is 23.0 Å². The highest BCUT2D eigenvalue weighted by Gasteiger charge is 2.38. The fraction of sp³-hybridized carbons (Fsp3) is 0.471. The Balaban J connectivity index is 1.57. The van der Waals surface area contributed by atoms with E-state index >= 15 is 0 Å². The number of hydrazone groups is 1. The first-order valence-electron chi connectivity index (χ1n) is 8.82. The average molecular weight is 392 g/mol. The van der Waals surface area contributed by atoms with Crippen molar-refractivity contribution in [3.8, 4) is 0 Å². The zero-order valence-corrected chi connectivity index (χ0v) is 15.4. The van der Waals surface area contributed by atoms with Gasteiger partial charge in [0.15, 0.2) is 0 Å². The lowest BCUT2D eigenvalue weighted by Crippen LogP contribution is -2.40. The second-order valence-electron chi connectivity index (χ2n) is 6.81. The highest BCUT2D eigenvalue weighted by atomic mass is 32.2. The minimum Gasteiger partial charge on any atom is -0.379 e. The van der Waals surface area contributed by atoms with Gasteiger partial charge in [-0.3, -0.25) is 15.5 Å². The van der Waals surface area contributed by atoms with Crippen LogP contribution in [0.2, 0.25) is 0 Å². The molecule has 0 radical (unpaired) electrons. The topological polar surface area (TPSA) is 114 Å². The van der Waals surface area contributed by atoms with Gasteiger partial charge in [0.1, 0.15) is 5.69 Å². The Labute approximate surface area is 156 Å². The number of hydrogen-bond donors (Lipinski definition) is 1. The van der Waals surface area contributed by atoms with Gasteiger partial charge in [0.25, 0.3) is 5.69 Å². The summed E-state index contributed by atoms with van der Waals surface area (Å²) < 4.78 is 31.9. The van der Waals surface area contributed by atoms with Crippen LogP contribution in [0.5, 0.6) is 0 Å². The van der Waals surface area contributed by atoms with Crippen molar-refractivity contribution in [2.45, 2.75) is 17.7 Å². The second kappa shape index (κ2) is 7.02. The maximum absolute atomic E-state index is 12.7. The number of benzene rings is 1. The van der Waals surface area contributed by atoms with E-state index in [-0.39, 0.29) is 29.4 Å². The van der Waals surface area contributed by atoms with Crippen molar-refractivity contribution in [1.29, 1.82) is 0 Å². The molecule has 10 heteroatoms. The van der Waals surface area contributed by atoms with E-state index in [1.165, 1.54) is 16.4 Å². The molecule has 0 spiro atoms. The molecule has 0 bridgehead atoms. The number of nitrogens with zero attached hydrogens (tertiary/aromatic N) is 3. The summed E-state index contributed by atoms with van der Waals surface area (Å²) in [6.45, 7) is 1.10. The molecule has 2 aliphatic carbocycles. The minimum absolute atomic E-state index is 0.0991. The number of ether oxygens (including phenoxy) is 1. The number of nitro groups is 1. The van der Waals surface area contributed by atoms with E-state index in [2.05, 4.69) is 22.7 Å². The maximum Gasteiger partial charge on any atom is 0.295 e. The van der Waals surface area contributed by atoms with Crippen LogP contribution >= 0.6 is 0 Å². The summed E-state index contributed by atoms with van der Waals surface area (Å²) >= 11 is 0. The Morgan fingerprint density at radius 3 is 2.78 bits per heavy atom. The highest BCUT2D eigenvalue weighted by molar-refractivity contribution is 7.89. The molecule has 2 atom stereocenters. The number of fused-ring (bicyclic) bond motifs is 1. The molecular weight excluding hydrogens is 372 g/mol. The first kappa shape index (κ1) is 18.1. The summed E-state index contributed by atoms with van der Waals surface area (Å²) in [5.41, 5.74) is 3.62. The van der Waals surface area contributed by atoms with E-state index in [1.807, 2.05) is 0 Å². The molecule has 1 N–H and O–H groups in total. The number of nitrogens with one attached hydrogen (secondary N) is 1. The molecule has 2 fully saturated rings. The Hall–Kier alpha value is -2.30. The summed E-state index contributed by atoms with van der Waals surface area (Å²) in [6, 6.07) is 3.87. The van der Waals surface area contributed by atoms with Crippen molar-refractivity contribution in [3.05, 3.63) is 40.5 Å². The van der Waals surface area contributed by atoms with Crippen LogP contribution in [0.15, 0.2) is 40.3 Å². The molecule has 0 amide bonds. The number of allylic oxidation sites excluding steroid dienone is 2. The summed E-state index contributed by atoms with van der Waals surface area (Å²) in [5.74, 6) is 0.916. The lowest BCUT2D eigenvalue weighted by atomic mass is 9.74. The fourth-order valence-corrected chi connectivity index (χ4v) is 5.08. The fourth-order valence-electron chi connectivity index (χ4n) is 3.65. The van der Waals surface area contributed by atoms with E-state index in [9.17, 15) is 18.5 Å². The predicted molar refractivity (Wildman–Crippen MR) is 99.1 cm³/mol. The van der Waals surface area contributed by atoms with E-state index in [1.54, 1.807) is 0 Å². The number of anilines is 1. The van der Waals surface area contributed by atoms with Crippen molar-refractivity contribution >= 4 is 27.1 Å². The number of rotatable bonds is 5. The van der Waals surface area contributed by atoms with Crippen LogP contribution in [0.3, 0.4) is 0 Å². The van der Waals surface area contributed by atoms with Gasteiger partial charge in [-0.05, 0) is 30.9 Å². The van der Waals surface area contributed by atoms with Crippen molar-refractivity contribution in [3.63, 3.8) is 0 Å². The van der Waals surface area contributed by atoms with E-state index in [0.717, 1.165) is 24.6 Å². The van der Waals surface area contributed by atoms with Gasteiger partial charge in [-0.2, -0.15) is 9.41 Å². The number of nitro benzene ring substituents is 1. The number of hydrogen-bond acceptors (Lipinski definition) is 7. The molecule has 1 aromatic carbocycles. The zero-order valence-electron chi connectivity index (χ0n) is 14.6. The smallest absolute Gasteiger partial charge is 0.295 e. The van der Waals surface area contributed by atoms with Gasteiger partial charge < -0.3 is 4.74 Å². The summed E-state index contributed by atoms with van der Waals surface area (Å²) in [5, 5.41) is 15.8. The third-order valence-corrected chi connectivity index (χ3v) is 7.15. The molecule has 144 valence electrons. The molecule has 0 unspecified atom stereocenters. The van der Waals surface area contributed by atoms with Gasteiger partial charge in [-0.25, -0.2) is 8.42 Å². The van der Waals surface area contributed by atoms with Gasteiger partial charge in [0.2, 0.25) is 10.0 Å². The van der Waals surface area contributed by atoms with E-state index in [0.29, 0.717) is 25.0 Å². The van der Waals surface area contributed by atoms with Crippen molar-refractivity contribution in [1.82, 2.24) is 4.31 Å². The first-order chi connectivity index (χ1) is 13.0. The summed E-state index contributed by atoms with van der Waals surface area (Å²) in [7, 11) is -3.79. The molecule has 9 nitrogen and oxygen atoms in total. The predicted octanol–water partition coefficient (Wildman–Crippen LogP) is 1.98. The van der Waals surface area contributed by atoms with Crippen LogP contribution in [0.1, 0.15) is 12.8 Å². The van der Waals surface area contributed by atoms with Crippen molar-refractivity contribution < 1.29 is 18.1 Å².